The molecule has 2 heterocycles. The first kappa shape index (κ1) is 9.44. The zero-order valence-corrected chi connectivity index (χ0v) is 8.18. The Morgan fingerprint density at radius 2 is 2.00 bits per heavy atom. The fourth-order valence-corrected chi connectivity index (χ4v) is 2.57. The van der Waals surface area contributed by atoms with Crippen LogP contribution >= 0.6 is 0 Å². The molecular formula is C10H20N2O. The summed E-state index contributed by atoms with van der Waals surface area (Å²) in [7, 11) is 0. The molecule has 3 heteroatoms. The van der Waals surface area contributed by atoms with Crippen LogP contribution < -0.4 is 10.6 Å². The highest BCUT2D eigenvalue weighted by Crippen LogP contribution is 2.36. The van der Waals surface area contributed by atoms with Gasteiger partial charge in [-0.05, 0) is 44.2 Å². The van der Waals surface area contributed by atoms with Crippen LogP contribution in [-0.2, 0) is 0 Å². The molecule has 0 radical (unpaired) electrons. The van der Waals surface area contributed by atoms with Gasteiger partial charge in [-0.25, -0.2) is 0 Å². The summed E-state index contributed by atoms with van der Waals surface area (Å²) in [5.41, 5.74) is 0.552. The summed E-state index contributed by atoms with van der Waals surface area (Å²) in [5.74, 6) is 0. The first-order valence-corrected chi connectivity index (χ1v) is 5.40. The van der Waals surface area contributed by atoms with Crippen molar-refractivity contribution in [1.29, 1.82) is 0 Å². The highest BCUT2D eigenvalue weighted by atomic mass is 16.3. The molecule has 3 nitrogen and oxygen atoms in total. The molecule has 13 heavy (non-hydrogen) atoms. The second kappa shape index (κ2) is 3.95. The number of nitrogens with one attached hydrogen (secondary N) is 2. The van der Waals surface area contributed by atoms with Crippen molar-refractivity contribution in [1.82, 2.24) is 10.6 Å². The van der Waals surface area contributed by atoms with Gasteiger partial charge in [-0.1, -0.05) is 0 Å². The summed E-state index contributed by atoms with van der Waals surface area (Å²) in [4.78, 5) is 0. The Kier molecular flexibility index (Phi) is 2.86. The van der Waals surface area contributed by atoms with E-state index in [1.54, 1.807) is 0 Å². The van der Waals surface area contributed by atoms with Crippen molar-refractivity contribution < 1.29 is 5.11 Å². The molecule has 0 amide bonds. The molecule has 1 unspecified atom stereocenters. The third-order valence-electron chi connectivity index (χ3n) is 3.67. The molecule has 0 aromatic rings. The highest BCUT2D eigenvalue weighted by Gasteiger charge is 2.35. The largest absolute Gasteiger partial charge is 0.395 e. The van der Waals surface area contributed by atoms with Gasteiger partial charge in [-0.2, -0.15) is 0 Å². The minimum atomic E-state index is 0.300. The van der Waals surface area contributed by atoms with Gasteiger partial charge in [0.15, 0.2) is 0 Å². The van der Waals surface area contributed by atoms with Crippen LogP contribution in [0.1, 0.15) is 25.7 Å². The second-order valence-electron chi connectivity index (χ2n) is 4.55. The summed E-state index contributed by atoms with van der Waals surface area (Å²) in [5, 5.41) is 15.9. The molecule has 2 saturated heterocycles. The van der Waals surface area contributed by atoms with Gasteiger partial charge >= 0.3 is 0 Å². The monoisotopic (exact) mass is 184 g/mol. The maximum atomic E-state index is 9.00. The number of hydrogen-bond acceptors (Lipinski definition) is 3. The van der Waals surface area contributed by atoms with E-state index in [9.17, 15) is 0 Å². The van der Waals surface area contributed by atoms with Crippen molar-refractivity contribution in [2.45, 2.75) is 31.7 Å². The highest BCUT2D eigenvalue weighted by molar-refractivity contribution is 4.92. The molecule has 3 N–H and O–H groups in total. The van der Waals surface area contributed by atoms with Crippen LogP contribution in [0.5, 0.6) is 0 Å². The molecule has 2 aliphatic rings. The molecule has 0 aromatic carbocycles. The van der Waals surface area contributed by atoms with Crippen molar-refractivity contribution in [3.8, 4) is 0 Å². The zero-order chi connectivity index (χ0) is 9.15. The van der Waals surface area contributed by atoms with E-state index >= 15 is 0 Å². The van der Waals surface area contributed by atoms with E-state index in [1.165, 1.54) is 32.4 Å². The third-order valence-corrected chi connectivity index (χ3v) is 3.67. The molecule has 2 rings (SSSR count). The second-order valence-corrected chi connectivity index (χ2v) is 4.55. The van der Waals surface area contributed by atoms with Crippen LogP contribution in [0.3, 0.4) is 0 Å². The van der Waals surface area contributed by atoms with E-state index in [4.69, 9.17) is 5.11 Å². The number of aliphatic hydroxyl groups is 1. The van der Waals surface area contributed by atoms with Gasteiger partial charge in [0.25, 0.3) is 0 Å². The third kappa shape index (κ3) is 2.03. The predicted octanol–water partition coefficient (Wildman–Crippen LogP) is 0.100. The Bertz CT molecular complexity index is 156. The molecule has 2 aliphatic heterocycles. The maximum Gasteiger partial charge on any atom is 0.0584 e. The van der Waals surface area contributed by atoms with Crippen LogP contribution in [0.2, 0.25) is 0 Å². The molecule has 1 atom stereocenters. The average Bonchev–Trinajstić information content (AvgIpc) is 2.20. The summed E-state index contributed by atoms with van der Waals surface area (Å²) in [6.07, 6.45) is 5.06. The van der Waals surface area contributed by atoms with Crippen molar-refractivity contribution in [3.63, 3.8) is 0 Å². The molecule has 0 aromatic heterocycles. The van der Waals surface area contributed by atoms with Crippen LogP contribution in [0.25, 0.3) is 0 Å². The smallest absolute Gasteiger partial charge is 0.0584 e. The lowest BCUT2D eigenvalue weighted by atomic mass is 9.72. The van der Waals surface area contributed by atoms with Crippen molar-refractivity contribution in [2.24, 2.45) is 5.41 Å². The predicted molar refractivity (Wildman–Crippen MR) is 52.6 cm³/mol. The van der Waals surface area contributed by atoms with E-state index < -0.39 is 0 Å². The Labute approximate surface area is 79.9 Å². The van der Waals surface area contributed by atoms with E-state index in [-0.39, 0.29) is 0 Å². The number of rotatable bonds is 1. The lowest BCUT2D eigenvalue weighted by Gasteiger charge is -2.43. The van der Waals surface area contributed by atoms with Gasteiger partial charge in [-0.3, -0.25) is 0 Å². The van der Waals surface area contributed by atoms with Crippen LogP contribution in [0.15, 0.2) is 0 Å². The van der Waals surface area contributed by atoms with E-state index in [0.717, 1.165) is 13.0 Å². The molecule has 2 fully saturated rings. The molecule has 0 bridgehead atoms. The molecule has 1 spiro atoms. The Morgan fingerprint density at radius 1 is 1.23 bits per heavy atom. The zero-order valence-electron chi connectivity index (χ0n) is 8.18. The minimum Gasteiger partial charge on any atom is -0.395 e. The van der Waals surface area contributed by atoms with Gasteiger partial charge in [-0.15, -0.1) is 0 Å². The normalized spacial score (nSPS) is 33.5. The summed E-state index contributed by atoms with van der Waals surface area (Å²) in [6, 6.07) is 0.362. The van der Waals surface area contributed by atoms with Gasteiger partial charge < -0.3 is 15.7 Å². The Balaban J connectivity index is 1.87. The van der Waals surface area contributed by atoms with Gasteiger partial charge in [0.2, 0.25) is 0 Å². The fraction of sp³-hybridized carbons (Fsp3) is 1.00. The minimum absolute atomic E-state index is 0.300. The standard InChI is InChI=1S/C10H20N2O/c13-7-9-1-2-10(8-12-9)3-5-11-6-4-10/h9,11-13H,1-8H2. The Hall–Kier alpha value is -0.120. The van der Waals surface area contributed by atoms with Crippen LogP contribution in [0, 0.1) is 5.41 Å². The maximum absolute atomic E-state index is 9.00. The first-order valence-electron chi connectivity index (χ1n) is 5.40. The topological polar surface area (TPSA) is 44.3 Å². The molecular weight excluding hydrogens is 164 g/mol. The van der Waals surface area contributed by atoms with E-state index in [1.807, 2.05) is 0 Å². The summed E-state index contributed by atoms with van der Waals surface area (Å²) in [6.45, 7) is 3.76. The van der Waals surface area contributed by atoms with Crippen molar-refractivity contribution >= 4 is 0 Å². The Morgan fingerprint density at radius 3 is 2.54 bits per heavy atom. The lowest BCUT2D eigenvalue weighted by molar-refractivity contribution is 0.105. The fourth-order valence-electron chi connectivity index (χ4n) is 2.57. The van der Waals surface area contributed by atoms with Gasteiger partial charge in [0.05, 0.1) is 6.61 Å². The van der Waals surface area contributed by atoms with E-state index in [2.05, 4.69) is 10.6 Å². The van der Waals surface area contributed by atoms with Crippen molar-refractivity contribution in [3.05, 3.63) is 0 Å². The summed E-state index contributed by atoms with van der Waals surface area (Å²) < 4.78 is 0. The number of hydrogen-bond donors (Lipinski definition) is 3. The molecule has 0 saturated carbocycles. The summed E-state index contributed by atoms with van der Waals surface area (Å²) >= 11 is 0. The number of piperidine rings is 2. The van der Waals surface area contributed by atoms with Gasteiger partial charge in [0, 0.05) is 12.6 Å². The van der Waals surface area contributed by atoms with Crippen molar-refractivity contribution in [2.75, 3.05) is 26.2 Å². The van der Waals surface area contributed by atoms with Crippen LogP contribution in [0.4, 0.5) is 0 Å². The number of aliphatic hydroxyl groups excluding tert-OH is 1. The molecule has 0 aliphatic carbocycles. The lowest BCUT2D eigenvalue weighted by Crippen LogP contribution is -2.51. The van der Waals surface area contributed by atoms with Gasteiger partial charge in [0.1, 0.15) is 0 Å². The van der Waals surface area contributed by atoms with Crippen LogP contribution in [-0.4, -0.2) is 37.4 Å². The first-order chi connectivity index (χ1) is 6.35. The quantitative estimate of drug-likeness (QED) is 0.541. The van der Waals surface area contributed by atoms with E-state index in [0.29, 0.717) is 18.1 Å². The average molecular weight is 184 g/mol. The molecule has 76 valence electrons. The SMILES string of the molecule is OCC1CCC2(CCNCC2)CN1.